The SMILES string of the molecule is CN(C)c1cc(N2CCC(N3CC(C(N)=O)CC3=O)CC2)ncn1. The maximum atomic E-state index is 12.1. The first-order valence-corrected chi connectivity index (χ1v) is 8.29. The summed E-state index contributed by atoms with van der Waals surface area (Å²) >= 11 is 0. The summed E-state index contributed by atoms with van der Waals surface area (Å²) in [6.07, 6.45) is 3.59. The van der Waals surface area contributed by atoms with E-state index in [-0.39, 0.29) is 30.2 Å². The Labute approximate surface area is 141 Å². The van der Waals surface area contributed by atoms with Crippen molar-refractivity contribution < 1.29 is 9.59 Å². The van der Waals surface area contributed by atoms with Crippen LogP contribution in [0.5, 0.6) is 0 Å². The molecule has 2 N–H and O–H groups in total. The van der Waals surface area contributed by atoms with E-state index >= 15 is 0 Å². The maximum absolute atomic E-state index is 12.1. The number of anilines is 2. The second-order valence-corrected chi connectivity index (χ2v) is 6.70. The van der Waals surface area contributed by atoms with Gasteiger partial charge < -0.3 is 20.4 Å². The quantitative estimate of drug-likeness (QED) is 0.823. The fraction of sp³-hybridized carbons (Fsp3) is 0.625. The minimum atomic E-state index is -0.375. The molecule has 8 nitrogen and oxygen atoms in total. The number of hydrogen-bond acceptors (Lipinski definition) is 6. The lowest BCUT2D eigenvalue weighted by atomic mass is 10.0. The Morgan fingerprint density at radius 1 is 1.29 bits per heavy atom. The summed E-state index contributed by atoms with van der Waals surface area (Å²) < 4.78 is 0. The number of primary amides is 1. The van der Waals surface area contributed by atoms with Crippen molar-refractivity contribution >= 4 is 23.5 Å². The molecule has 1 aromatic heterocycles. The number of rotatable bonds is 4. The average Bonchev–Trinajstić information content (AvgIpc) is 2.97. The minimum Gasteiger partial charge on any atom is -0.369 e. The number of amides is 2. The van der Waals surface area contributed by atoms with E-state index < -0.39 is 0 Å². The highest BCUT2D eigenvalue weighted by molar-refractivity contribution is 5.88. The van der Waals surface area contributed by atoms with Crippen LogP contribution in [0.2, 0.25) is 0 Å². The predicted molar refractivity (Wildman–Crippen MR) is 90.6 cm³/mol. The van der Waals surface area contributed by atoms with Crippen LogP contribution in [-0.2, 0) is 9.59 Å². The fourth-order valence-corrected chi connectivity index (χ4v) is 3.44. The van der Waals surface area contributed by atoms with E-state index in [4.69, 9.17) is 5.73 Å². The largest absolute Gasteiger partial charge is 0.369 e. The van der Waals surface area contributed by atoms with E-state index in [0.29, 0.717) is 6.54 Å². The highest BCUT2D eigenvalue weighted by atomic mass is 16.2. The first-order chi connectivity index (χ1) is 11.5. The normalized spacial score (nSPS) is 22.1. The molecule has 0 radical (unpaired) electrons. The lowest BCUT2D eigenvalue weighted by Crippen LogP contribution is -2.46. The van der Waals surface area contributed by atoms with Crippen molar-refractivity contribution in [1.82, 2.24) is 14.9 Å². The van der Waals surface area contributed by atoms with Crippen molar-refractivity contribution in [3.05, 3.63) is 12.4 Å². The third kappa shape index (κ3) is 3.27. The van der Waals surface area contributed by atoms with Gasteiger partial charge in [-0.15, -0.1) is 0 Å². The van der Waals surface area contributed by atoms with E-state index in [2.05, 4.69) is 14.9 Å². The number of carbonyl (C=O) groups is 2. The summed E-state index contributed by atoms with van der Waals surface area (Å²) in [5.74, 6) is 1.13. The molecule has 0 aromatic carbocycles. The number of carbonyl (C=O) groups excluding carboxylic acids is 2. The third-order valence-corrected chi connectivity index (χ3v) is 4.89. The van der Waals surface area contributed by atoms with Gasteiger partial charge in [-0.1, -0.05) is 0 Å². The molecule has 3 rings (SSSR count). The van der Waals surface area contributed by atoms with Gasteiger partial charge in [-0.25, -0.2) is 9.97 Å². The topological polar surface area (TPSA) is 95.7 Å². The summed E-state index contributed by atoms with van der Waals surface area (Å²) in [5.41, 5.74) is 5.34. The maximum Gasteiger partial charge on any atom is 0.223 e. The molecular formula is C16H24N6O2. The van der Waals surface area contributed by atoms with Crippen molar-refractivity contribution in [3.63, 3.8) is 0 Å². The Bertz CT molecular complexity index is 627. The third-order valence-electron chi connectivity index (χ3n) is 4.89. The second kappa shape index (κ2) is 6.62. The van der Waals surface area contributed by atoms with Crippen molar-refractivity contribution in [1.29, 1.82) is 0 Å². The van der Waals surface area contributed by atoms with Gasteiger partial charge in [0, 0.05) is 52.3 Å². The van der Waals surface area contributed by atoms with E-state index in [1.807, 2.05) is 30.0 Å². The smallest absolute Gasteiger partial charge is 0.223 e. The standard InChI is InChI=1S/C16H24N6O2/c1-20(2)13-8-14(19-10-18-13)21-5-3-12(4-6-21)22-9-11(16(17)24)7-15(22)23/h8,10-12H,3-7,9H2,1-2H3,(H2,17,24). The predicted octanol–water partition coefficient (Wildman–Crippen LogP) is -0.155. The monoisotopic (exact) mass is 332 g/mol. The molecule has 3 heterocycles. The van der Waals surface area contributed by atoms with Crippen molar-refractivity contribution in [2.75, 3.05) is 43.5 Å². The fourth-order valence-electron chi connectivity index (χ4n) is 3.44. The van der Waals surface area contributed by atoms with Crippen LogP contribution in [0.3, 0.4) is 0 Å². The van der Waals surface area contributed by atoms with Crippen LogP contribution in [0.4, 0.5) is 11.6 Å². The Balaban J connectivity index is 1.61. The zero-order valence-electron chi connectivity index (χ0n) is 14.2. The highest BCUT2D eigenvalue weighted by Gasteiger charge is 2.38. The van der Waals surface area contributed by atoms with Gasteiger partial charge >= 0.3 is 0 Å². The van der Waals surface area contributed by atoms with Gasteiger partial charge in [0.2, 0.25) is 11.8 Å². The van der Waals surface area contributed by atoms with Crippen LogP contribution in [0.25, 0.3) is 0 Å². The number of likely N-dealkylation sites (tertiary alicyclic amines) is 1. The molecule has 2 saturated heterocycles. The van der Waals surface area contributed by atoms with Crippen LogP contribution in [-0.4, -0.2) is 66.5 Å². The van der Waals surface area contributed by atoms with Crippen molar-refractivity contribution in [2.24, 2.45) is 11.7 Å². The van der Waals surface area contributed by atoms with E-state index in [9.17, 15) is 9.59 Å². The summed E-state index contributed by atoms with van der Waals surface area (Å²) in [6.45, 7) is 2.14. The lowest BCUT2D eigenvalue weighted by molar-refractivity contribution is -0.130. The number of aromatic nitrogens is 2. The molecule has 1 aromatic rings. The molecule has 2 amide bonds. The first-order valence-electron chi connectivity index (χ1n) is 8.29. The van der Waals surface area contributed by atoms with Crippen LogP contribution < -0.4 is 15.5 Å². The van der Waals surface area contributed by atoms with Crippen molar-refractivity contribution in [2.45, 2.75) is 25.3 Å². The summed E-state index contributed by atoms with van der Waals surface area (Å²) in [7, 11) is 3.90. The molecule has 8 heteroatoms. The molecule has 130 valence electrons. The van der Waals surface area contributed by atoms with Gasteiger partial charge in [-0.05, 0) is 12.8 Å². The average molecular weight is 332 g/mol. The Kier molecular flexibility index (Phi) is 4.55. The van der Waals surface area contributed by atoms with Gasteiger partial charge in [0.05, 0.1) is 5.92 Å². The molecule has 0 spiro atoms. The second-order valence-electron chi connectivity index (χ2n) is 6.70. The molecule has 0 saturated carbocycles. The minimum absolute atomic E-state index is 0.0502. The van der Waals surface area contributed by atoms with Crippen LogP contribution >= 0.6 is 0 Å². The Hall–Kier alpha value is -2.38. The number of piperidine rings is 1. The molecular weight excluding hydrogens is 308 g/mol. The van der Waals surface area contributed by atoms with E-state index in [1.54, 1.807) is 6.33 Å². The molecule has 0 aliphatic carbocycles. The molecule has 0 bridgehead atoms. The number of nitrogens with two attached hydrogens (primary N) is 1. The zero-order valence-corrected chi connectivity index (χ0v) is 14.2. The number of hydrogen-bond donors (Lipinski definition) is 1. The summed E-state index contributed by atoms with van der Waals surface area (Å²) in [5, 5.41) is 0. The van der Waals surface area contributed by atoms with Gasteiger partial charge in [0.1, 0.15) is 18.0 Å². The molecule has 24 heavy (non-hydrogen) atoms. The Morgan fingerprint density at radius 2 is 2.00 bits per heavy atom. The molecule has 2 fully saturated rings. The zero-order chi connectivity index (χ0) is 17.3. The van der Waals surface area contributed by atoms with E-state index in [1.165, 1.54) is 0 Å². The number of nitrogens with zero attached hydrogens (tertiary/aromatic N) is 5. The molecule has 2 aliphatic rings. The summed E-state index contributed by atoms with van der Waals surface area (Å²) in [4.78, 5) is 38.1. The summed E-state index contributed by atoms with van der Waals surface area (Å²) in [6, 6.07) is 2.16. The van der Waals surface area contributed by atoms with Gasteiger partial charge in [-0.2, -0.15) is 0 Å². The van der Waals surface area contributed by atoms with Crippen LogP contribution in [0.15, 0.2) is 12.4 Å². The van der Waals surface area contributed by atoms with Gasteiger partial charge in [0.25, 0.3) is 0 Å². The van der Waals surface area contributed by atoms with E-state index in [0.717, 1.165) is 37.6 Å². The first kappa shape index (κ1) is 16.5. The van der Waals surface area contributed by atoms with Crippen LogP contribution in [0.1, 0.15) is 19.3 Å². The van der Waals surface area contributed by atoms with Crippen molar-refractivity contribution in [3.8, 4) is 0 Å². The molecule has 1 unspecified atom stereocenters. The van der Waals surface area contributed by atoms with Gasteiger partial charge in [-0.3, -0.25) is 9.59 Å². The Morgan fingerprint density at radius 3 is 2.58 bits per heavy atom. The highest BCUT2D eigenvalue weighted by Crippen LogP contribution is 2.27. The molecule has 2 aliphatic heterocycles. The van der Waals surface area contributed by atoms with Crippen LogP contribution in [0, 0.1) is 5.92 Å². The lowest BCUT2D eigenvalue weighted by Gasteiger charge is -2.37. The van der Waals surface area contributed by atoms with Gasteiger partial charge in [0.15, 0.2) is 0 Å². The molecule has 1 atom stereocenters.